The van der Waals surface area contributed by atoms with Gasteiger partial charge in [0, 0.05) is 34.4 Å². The van der Waals surface area contributed by atoms with Crippen LogP contribution in [-0.2, 0) is 0 Å². The molecule has 20 heavy (non-hydrogen) atoms. The zero-order valence-corrected chi connectivity index (χ0v) is 13.8. The van der Waals surface area contributed by atoms with Crippen LogP contribution in [0.15, 0.2) is 22.7 Å². The molecule has 0 spiro atoms. The second kappa shape index (κ2) is 6.00. The van der Waals surface area contributed by atoms with Crippen LogP contribution in [0.4, 0.5) is 5.69 Å². The van der Waals surface area contributed by atoms with Gasteiger partial charge in [-0.15, -0.1) is 0 Å². The number of piperidine rings is 1. The highest BCUT2D eigenvalue weighted by atomic mass is 79.9. The molecule has 0 radical (unpaired) electrons. The summed E-state index contributed by atoms with van der Waals surface area (Å²) in [6, 6.07) is 7.40. The van der Waals surface area contributed by atoms with Crippen LogP contribution in [-0.4, -0.2) is 35.1 Å². The summed E-state index contributed by atoms with van der Waals surface area (Å²) < 4.78 is 1.01. The fourth-order valence-electron chi connectivity index (χ4n) is 3.42. The van der Waals surface area contributed by atoms with E-state index in [2.05, 4.69) is 32.2 Å². The lowest BCUT2D eigenvalue weighted by Gasteiger charge is -2.35. The highest BCUT2D eigenvalue weighted by molar-refractivity contribution is 9.10. The van der Waals surface area contributed by atoms with Gasteiger partial charge < -0.3 is 16.0 Å². The summed E-state index contributed by atoms with van der Waals surface area (Å²) in [5.41, 5.74) is 7.84. The van der Waals surface area contributed by atoms with Gasteiger partial charge in [-0.1, -0.05) is 28.1 Å². The lowest BCUT2D eigenvalue weighted by molar-refractivity contribution is 0.188. The van der Waals surface area contributed by atoms with Crippen LogP contribution >= 0.6 is 28.1 Å². The molecule has 2 fully saturated rings. The predicted molar refractivity (Wildman–Crippen MR) is 91.3 cm³/mol. The Bertz CT molecular complexity index is 520. The average Bonchev–Trinajstić information content (AvgIpc) is 2.88. The first-order chi connectivity index (χ1) is 9.63. The second-order valence-corrected chi connectivity index (χ2v) is 7.11. The molecule has 2 aliphatic heterocycles. The molecule has 2 atom stereocenters. The minimum Gasteiger partial charge on any atom is -0.389 e. The SMILES string of the molecule is NC(=S)c1cc(Br)ccc1NC1CCN2CCCC2C1. The molecule has 3 rings (SSSR count). The van der Waals surface area contributed by atoms with Crippen LogP contribution in [0.25, 0.3) is 0 Å². The number of hydrogen-bond donors (Lipinski definition) is 2. The van der Waals surface area contributed by atoms with Crippen LogP contribution in [0.5, 0.6) is 0 Å². The van der Waals surface area contributed by atoms with Crippen molar-refractivity contribution in [3.63, 3.8) is 0 Å². The number of nitrogens with zero attached hydrogens (tertiary/aromatic N) is 1. The number of hydrogen-bond acceptors (Lipinski definition) is 3. The summed E-state index contributed by atoms with van der Waals surface area (Å²) in [4.78, 5) is 3.08. The van der Waals surface area contributed by atoms with Crippen molar-refractivity contribution in [2.24, 2.45) is 5.73 Å². The van der Waals surface area contributed by atoms with E-state index in [0.29, 0.717) is 11.0 Å². The molecule has 2 heterocycles. The molecule has 2 unspecified atom stereocenters. The quantitative estimate of drug-likeness (QED) is 0.819. The van der Waals surface area contributed by atoms with E-state index in [0.717, 1.165) is 21.8 Å². The summed E-state index contributed by atoms with van der Waals surface area (Å²) in [5.74, 6) is 0. The largest absolute Gasteiger partial charge is 0.389 e. The van der Waals surface area contributed by atoms with Crippen molar-refractivity contribution >= 4 is 38.8 Å². The van der Waals surface area contributed by atoms with Crippen LogP contribution in [0.2, 0.25) is 0 Å². The highest BCUT2D eigenvalue weighted by Gasteiger charge is 2.31. The fourth-order valence-corrected chi connectivity index (χ4v) is 3.95. The van der Waals surface area contributed by atoms with Gasteiger partial charge >= 0.3 is 0 Å². The molecular formula is C15H20BrN3S. The van der Waals surface area contributed by atoms with Gasteiger partial charge in [0.1, 0.15) is 4.99 Å². The topological polar surface area (TPSA) is 41.3 Å². The van der Waals surface area contributed by atoms with Crippen LogP contribution in [0.1, 0.15) is 31.2 Å². The van der Waals surface area contributed by atoms with E-state index in [1.807, 2.05) is 12.1 Å². The number of rotatable bonds is 3. The van der Waals surface area contributed by atoms with E-state index in [1.54, 1.807) is 0 Å². The third-order valence-corrected chi connectivity index (χ3v) is 5.14. The number of thiocarbonyl (C=S) groups is 1. The first-order valence-electron chi connectivity index (χ1n) is 7.23. The summed E-state index contributed by atoms with van der Waals surface area (Å²) in [6.45, 7) is 2.50. The van der Waals surface area contributed by atoms with E-state index >= 15 is 0 Å². The van der Waals surface area contributed by atoms with E-state index in [-0.39, 0.29) is 0 Å². The van der Waals surface area contributed by atoms with E-state index in [1.165, 1.54) is 38.8 Å². The lowest BCUT2D eigenvalue weighted by Crippen LogP contribution is -2.42. The molecule has 0 aromatic heterocycles. The third-order valence-electron chi connectivity index (χ3n) is 4.43. The van der Waals surface area contributed by atoms with Gasteiger partial charge in [0.15, 0.2) is 0 Å². The van der Waals surface area contributed by atoms with E-state index in [4.69, 9.17) is 18.0 Å². The predicted octanol–water partition coefficient (Wildman–Crippen LogP) is 3.12. The zero-order valence-electron chi connectivity index (χ0n) is 11.4. The second-order valence-electron chi connectivity index (χ2n) is 5.75. The van der Waals surface area contributed by atoms with E-state index < -0.39 is 0 Å². The molecule has 2 aliphatic rings. The van der Waals surface area contributed by atoms with Crippen molar-refractivity contribution in [1.29, 1.82) is 0 Å². The molecule has 0 amide bonds. The van der Waals surface area contributed by atoms with Crippen molar-refractivity contribution in [2.75, 3.05) is 18.4 Å². The Morgan fingerprint density at radius 1 is 1.35 bits per heavy atom. The van der Waals surface area contributed by atoms with Gasteiger partial charge in [0.25, 0.3) is 0 Å². The Morgan fingerprint density at radius 2 is 2.20 bits per heavy atom. The number of nitrogens with one attached hydrogen (secondary N) is 1. The maximum atomic E-state index is 5.84. The maximum Gasteiger partial charge on any atom is 0.106 e. The van der Waals surface area contributed by atoms with Gasteiger partial charge in [-0.25, -0.2) is 0 Å². The molecule has 3 nitrogen and oxygen atoms in total. The number of fused-ring (bicyclic) bond motifs is 1. The van der Waals surface area contributed by atoms with Crippen molar-refractivity contribution in [2.45, 2.75) is 37.8 Å². The summed E-state index contributed by atoms with van der Waals surface area (Å²) >= 11 is 8.64. The molecule has 3 N–H and O–H groups in total. The van der Waals surface area contributed by atoms with Crippen molar-refractivity contribution < 1.29 is 0 Å². The first-order valence-corrected chi connectivity index (χ1v) is 8.43. The van der Waals surface area contributed by atoms with Gasteiger partial charge in [-0.2, -0.15) is 0 Å². The molecular weight excluding hydrogens is 334 g/mol. The first kappa shape index (κ1) is 14.3. The van der Waals surface area contributed by atoms with Crippen LogP contribution in [0, 0.1) is 0 Å². The van der Waals surface area contributed by atoms with E-state index in [9.17, 15) is 0 Å². The molecule has 0 saturated carbocycles. The Balaban J connectivity index is 1.73. The number of anilines is 1. The smallest absolute Gasteiger partial charge is 0.106 e. The molecule has 2 saturated heterocycles. The standard InChI is InChI=1S/C15H20BrN3S/c16-10-3-4-14(13(8-10)15(17)20)18-11-5-7-19-6-1-2-12(19)9-11/h3-4,8,11-12,18H,1-2,5-7,9H2,(H2,17,20). The molecule has 0 aliphatic carbocycles. The van der Waals surface area contributed by atoms with Gasteiger partial charge in [0.2, 0.25) is 0 Å². The summed E-state index contributed by atoms with van der Waals surface area (Å²) in [7, 11) is 0. The molecule has 5 heteroatoms. The highest BCUT2D eigenvalue weighted by Crippen LogP contribution is 2.30. The summed E-state index contributed by atoms with van der Waals surface area (Å²) in [5, 5.41) is 3.66. The number of benzene rings is 1. The average molecular weight is 354 g/mol. The third kappa shape index (κ3) is 3.00. The fraction of sp³-hybridized carbons (Fsp3) is 0.533. The minimum absolute atomic E-state index is 0.451. The van der Waals surface area contributed by atoms with Crippen LogP contribution in [0.3, 0.4) is 0 Å². The maximum absolute atomic E-state index is 5.84. The monoisotopic (exact) mass is 353 g/mol. The Morgan fingerprint density at radius 3 is 3.00 bits per heavy atom. The van der Waals surface area contributed by atoms with Crippen molar-refractivity contribution in [3.05, 3.63) is 28.2 Å². The zero-order chi connectivity index (χ0) is 14.1. The van der Waals surface area contributed by atoms with Crippen molar-refractivity contribution in [3.8, 4) is 0 Å². The Kier molecular flexibility index (Phi) is 4.29. The molecule has 1 aromatic carbocycles. The van der Waals surface area contributed by atoms with Crippen LogP contribution < -0.4 is 11.1 Å². The number of nitrogens with two attached hydrogens (primary N) is 1. The molecule has 108 valence electrons. The Labute approximate surface area is 134 Å². The Hall–Kier alpha value is -0.650. The van der Waals surface area contributed by atoms with Gasteiger partial charge in [0.05, 0.1) is 0 Å². The van der Waals surface area contributed by atoms with Crippen molar-refractivity contribution in [1.82, 2.24) is 4.90 Å². The lowest BCUT2D eigenvalue weighted by atomic mass is 9.97. The van der Waals surface area contributed by atoms with Gasteiger partial charge in [-0.05, 0) is 50.4 Å². The van der Waals surface area contributed by atoms with Gasteiger partial charge in [-0.3, -0.25) is 0 Å². The normalized spacial score (nSPS) is 26.2. The minimum atomic E-state index is 0.451. The molecule has 0 bridgehead atoms. The number of halogens is 1. The molecule has 1 aromatic rings. The summed E-state index contributed by atoms with van der Waals surface area (Å²) in [6.07, 6.45) is 5.13.